The SMILES string of the molecule is O=[N+]([O-])c1ccc2nc(-c3ccc(Cl)cc3Cl)sc2c1. The molecule has 3 aromatic rings. The molecule has 7 heteroatoms. The van der Waals surface area contributed by atoms with Gasteiger partial charge in [0.25, 0.3) is 5.69 Å². The number of hydrogen-bond donors (Lipinski definition) is 0. The monoisotopic (exact) mass is 324 g/mol. The quantitative estimate of drug-likeness (QED) is 0.482. The van der Waals surface area contributed by atoms with Gasteiger partial charge in [-0.1, -0.05) is 23.2 Å². The summed E-state index contributed by atoms with van der Waals surface area (Å²) in [6.07, 6.45) is 0. The Bertz CT molecular complexity index is 832. The average molecular weight is 325 g/mol. The number of non-ortho nitro benzene ring substituents is 1. The van der Waals surface area contributed by atoms with E-state index in [9.17, 15) is 10.1 Å². The van der Waals surface area contributed by atoms with Gasteiger partial charge in [0.2, 0.25) is 0 Å². The molecular formula is C13H6Cl2N2O2S. The summed E-state index contributed by atoms with van der Waals surface area (Å²) in [6.45, 7) is 0. The van der Waals surface area contributed by atoms with Crippen LogP contribution in [0.25, 0.3) is 20.8 Å². The minimum Gasteiger partial charge on any atom is -0.258 e. The molecule has 0 aliphatic rings. The van der Waals surface area contributed by atoms with Crippen molar-refractivity contribution in [2.24, 2.45) is 0 Å². The maximum Gasteiger partial charge on any atom is 0.270 e. The van der Waals surface area contributed by atoms with Crippen LogP contribution in [0.5, 0.6) is 0 Å². The van der Waals surface area contributed by atoms with Crippen molar-refractivity contribution in [1.29, 1.82) is 0 Å². The summed E-state index contributed by atoms with van der Waals surface area (Å²) in [6, 6.07) is 9.76. The lowest BCUT2D eigenvalue weighted by atomic mass is 10.2. The zero-order valence-electron chi connectivity index (χ0n) is 9.84. The van der Waals surface area contributed by atoms with Crippen molar-refractivity contribution in [3.05, 3.63) is 56.6 Å². The van der Waals surface area contributed by atoms with Gasteiger partial charge >= 0.3 is 0 Å². The van der Waals surface area contributed by atoms with Crippen LogP contribution in [0.3, 0.4) is 0 Å². The Morgan fingerprint density at radius 3 is 2.65 bits per heavy atom. The van der Waals surface area contributed by atoms with E-state index < -0.39 is 4.92 Å². The first-order valence-corrected chi connectivity index (χ1v) is 7.12. The molecule has 0 unspecified atom stereocenters. The minimum absolute atomic E-state index is 0.0508. The standard InChI is InChI=1S/C13H6Cl2N2O2S/c14-7-1-3-9(10(15)5-7)13-16-11-4-2-8(17(18)19)6-12(11)20-13/h1-6H. The molecule has 4 nitrogen and oxygen atoms in total. The molecule has 1 heterocycles. The number of rotatable bonds is 2. The Balaban J connectivity index is 2.15. The van der Waals surface area contributed by atoms with Crippen LogP contribution in [0, 0.1) is 10.1 Å². The van der Waals surface area contributed by atoms with Crippen LogP contribution in [0.1, 0.15) is 0 Å². The van der Waals surface area contributed by atoms with Crippen LogP contribution >= 0.6 is 34.5 Å². The molecule has 0 N–H and O–H groups in total. The number of hydrogen-bond acceptors (Lipinski definition) is 4. The van der Waals surface area contributed by atoms with E-state index in [1.54, 1.807) is 24.3 Å². The van der Waals surface area contributed by atoms with E-state index in [0.29, 0.717) is 20.6 Å². The maximum atomic E-state index is 10.8. The van der Waals surface area contributed by atoms with Gasteiger partial charge in [-0.3, -0.25) is 10.1 Å². The van der Waals surface area contributed by atoms with Crippen LogP contribution in [-0.4, -0.2) is 9.91 Å². The third-order valence-corrected chi connectivity index (χ3v) is 4.34. The lowest BCUT2D eigenvalue weighted by Gasteiger charge is -1.99. The van der Waals surface area contributed by atoms with Crippen LogP contribution < -0.4 is 0 Å². The van der Waals surface area contributed by atoms with Gasteiger partial charge in [-0.15, -0.1) is 11.3 Å². The Labute approximate surface area is 127 Å². The Morgan fingerprint density at radius 2 is 1.95 bits per heavy atom. The molecule has 0 spiro atoms. The number of fused-ring (bicyclic) bond motifs is 1. The number of thiazole rings is 1. The average Bonchev–Trinajstić information content (AvgIpc) is 2.80. The molecule has 0 saturated heterocycles. The molecule has 3 rings (SSSR count). The largest absolute Gasteiger partial charge is 0.270 e. The van der Waals surface area contributed by atoms with Gasteiger partial charge in [-0.05, 0) is 24.3 Å². The summed E-state index contributed by atoms with van der Waals surface area (Å²) in [5.74, 6) is 0. The van der Waals surface area contributed by atoms with Crippen molar-refractivity contribution >= 4 is 50.4 Å². The molecule has 20 heavy (non-hydrogen) atoms. The van der Waals surface area contributed by atoms with E-state index in [1.807, 2.05) is 0 Å². The Kier molecular flexibility index (Phi) is 3.33. The fourth-order valence-corrected chi connectivity index (χ4v) is 3.40. The van der Waals surface area contributed by atoms with Crippen LogP contribution in [0.4, 0.5) is 5.69 Å². The summed E-state index contributed by atoms with van der Waals surface area (Å²) in [7, 11) is 0. The van der Waals surface area contributed by atoms with Crippen molar-refractivity contribution in [2.75, 3.05) is 0 Å². The molecule has 0 bridgehead atoms. The van der Waals surface area contributed by atoms with Gasteiger partial charge < -0.3 is 0 Å². The van der Waals surface area contributed by atoms with Gasteiger partial charge in [0, 0.05) is 22.7 Å². The highest BCUT2D eigenvalue weighted by Crippen LogP contribution is 2.36. The second kappa shape index (κ2) is 5.01. The third-order valence-electron chi connectivity index (χ3n) is 2.74. The van der Waals surface area contributed by atoms with Gasteiger partial charge in [0.1, 0.15) is 5.01 Å². The number of aromatic nitrogens is 1. The van der Waals surface area contributed by atoms with Crippen LogP contribution in [0.15, 0.2) is 36.4 Å². The summed E-state index contributed by atoms with van der Waals surface area (Å²) < 4.78 is 0.750. The van der Waals surface area contributed by atoms with Crippen LogP contribution in [0.2, 0.25) is 10.0 Å². The fraction of sp³-hybridized carbons (Fsp3) is 0. The van der Waals surface area contributed by atoms with Crippen molar-refractivity contribution in [2.45, 2.75) is 0 Å². The van der Waals surface area contributed by atoms with Crippen LogP contribution in [-0.2, 0) is 0 Å². The lowest BCUT2D eigenvalue weighted by molar-refractivity contribution is -0.384. The van der Waals surface area contributed by atoms with Crippen molar-refractivity contribution in [1.82, 2.24) is 4.98 Å². The summed E-state index contributed by atoms with van der Waals surface area (Å²) >= 11 is 13.4. The maximum absolute atomic E-state index is 10.8. The van der Waals surface area contributed by atoms with Crippen molar-refractivity contribution < 1.29 is 4.92 Å². The smallest absolute Gasteiger partial charge is 0.258 e. The van der Waals surface area contributed by atoms with Crippen molar-refractivity contribution in [3.8, 4) is 10.6 Å². The molecule has 0 radical (unpaired) electrons. The van der Waals surface area contributed by atoms with E-state index in [1.165, 1.54) is 23.5 Å². The van der Waals surface area contributed by atoms with Crippen molar-refractivity contribution in [3.63, 3.8) is 0 Å². The Morgan fingerprint density at radius 1 is 1.15 bits per heavy atom. The molecular weight excluding hydrogens is 319 g/mol. The molecule has 2 aromatic carbocycles. The van der Waals surface area contributed by atoms with Gasteiger partial charge in [0.05, 0.1) is 20.2 Å². The predicted molar refractivity (Wildman–Crippen MR) is 81.7 cm³/mol. The van der Waals surface area contributed by atoms with E-state index >= 15 is 0 Å². The summed E-state index contributed by atoms with van der Waals surface area (Å²) in [5.41, 5.74) is 1.52. The lowest BCUT2D eigenvalue weighted by Crippen LogP contribution is -1.85. The fourth-order valence-electron chi connectivity index (χ4n) is 1.80. The number of nitrogens with zero attached hydrogens (tertiary/aromatic N) is 2. The molecule has 0 atom stereocenters. The number of benzene rings is 2. The molecule has 100 valence electrons. The topological polar surface area (TPSA) is 56.0 Å². The molecule has 1 aromatic heterocycles. The second-order valence-corrected chi connectivity index (χ2v) is 5.93. The highest BCUT2D eigenvalue weighted by Gasteiger charge is 2.13. The Hall–Kier alpha value is -1.69. The normalized spacial score (nSPS) is 10.9. The predicted octanol–water partition coefficient (Wildman–Crippen LogP) is 5.18. The zero-order valence-corrected chi connectivity index (χ0v) is 12.2. The second-order valence-electron chi connectivity index (χ2n) is 4.05. The number of nitro benzene ring substituents is 1. The highest BCUT2D eigenvalue weighted by molar-refractivity contribution is 7.21. The minimum atomic E-state index is -0.423. The zero-order chi connectivity index (χ0) is 14.3. The van der Waals surface area contributed by atoms with Gasteiger partial charge in [0.15, 0.2) is 0 Å². The number of halogens is 2. The molecule has 0 aliphatic heterocycles. The molecule has 0 saturated carbocycles. The van der Waals surface area contributed by atoms with E-state index in [-0.39, 0.29) is 5.69 Å². The summed E-state index contributed by atoms with van der Waals surface area (Å²) in [5, 5.41) is 12.5. The molecule has 0 amide bonds. The first-order valence-electron chi connectivity index (χ1n) is 5.55. The van der Waals surface area contributed by atoms with Gasteiger partial charge in [-0.25, -0.2) is 4.98 Å². The molecule has 0 fully saturated rings. The first kappa shape index (κ1) is 13.3. The first-order chi connectivity index (χ1) is 9.54. The highest BCUT2D eigenvalue weighted by atomic mass is 35.5. The van der Waals surface area contributed by atoms with E-state index in [0.717, 1.165) is 10.3 Å². The van der Waals surface area contributed by atoms with E-state index in [2.05, 4.69) is 4.98 Å². The van der Waals surface area contributed by atoms with Gasteiger partial charge in [-0.2, -0.15) is 0 Å². The third kappa shape index (κ3) is 2.35. The summed E-state index contributed by atoms with van der Waals surface area (Å²) in [4.78, 5) is 14.8. The molecule has 0 aliphatic carbocycles. The number of nitro groups is 1. The van der Waals surface area contributed by atoms with E-state index in [4.69, 9.17) is 23.2 Å².